The maximum atomic E-state index is 13.6. The number of aliphatic imine (C=N–C) groups is 1. The van der Waals surface area contributed by atoms with Crippen molar-refractivity contribution in [2.24, 2.45) is 4.99 Å². The van der Waals surface area contributed by atoms with Crippen LogP contribution in [0.15, 0.2) is 72.0 Å². The fraction of sp³-hybridized carbons (Fsp3) is 0.217. The van der Waals surface area contributed by atoms with Crippen LogP contribution in [0.25, 0.3) is 0 Å². The summed E-state index contributed by atoms with van der Waals surface area (Å²) in [5.74, 6) is -1.71. The molecule has 2 amide bonds. The highest BCUT2D eigenvalue weighted by Crippen LogP contribution is 2.19. The molecule has 0 saturated carbocycles. The van der Waals surface area contributed by atoms with Gasteiger partial charge >= 0.3 is 5.97 Å². The Morgan fingerprint density at radius 1 is 1.09 bits per heavy atom. The van der Waals surface area contributed by atoms with E-state index in [2.05, 4.69) is 10.3 Å². The van der Waals surface area contributed by atoms with Gasteiger partial charge in [-0.25, -0.2) is 9.80 Å². The number of nitrogens with zero attached hydrogens (tertiary/aromatic N) is 3. The van der Waals surface area contributed by atoms with Crippen molar-refractivity contribution in [2.45, 2.75) is 24.9 Å². The summed E-state index contributed by atoms with van der Waals surface area (Å²) in [6.45, 7) is 0.195. The minimum absolute atomic E-state index is 0.00197. The number of carboxylic acids is 1. The number of hydrazine groups is 1. The van der Waals surface area contributed by atoms with Gasteiger partial charge in [-0.15, -0.1) is 0 Å². The lowest BCUT2D eigenvalue weighted by atomic mass is 10.0. The van der Waals surface area contributed by atoms with E-state index < -0.39 is 24.0 Å². The van der Waals surface area contributed by atoms with Gasteiger partial charge in [-0.05, 0) is 23.3 Å². The minimum Gasteiger partial charge on any atom is -0.508 e. The fourth-order valence-corrected chi connectivity index (χ4v) is 3.43. The third kappa shape index (κ3) is 5.72. The van der Waals surface area contributed by atoms with Crippen molar-refractivity contribution in [1.82, 2.24) is 15.3 Å². The van der Waals surface area contributed by atoms with Crippen LogP contribution in [0.3, 0.4) is 0 Å². The number of hydrogen-bond acceptors (Lipinski definition) is 6. The number of amides is 2. The Morgan fingerprint density at radius 3 is 2.38 bits per heavy atom. The van der Waals surface area contributed by atoms with Crippen LogP contribution in [0, 0.1) is 0 Å². The average molecular weight is 436 g/mol. The summed E-state index contributed by atoms with van der Waals surface area (Å²) in [6, 6.07) is 13.0. The second-order valence-electron chi connectivity index (χ2n) is 7.19. The van der Waals surface area contributed by atoms with E-state index in [4.69, 9.17) is 0 Å². The Labute approximate surface area is 185 Å². The predicted molar refractivity (Wildman–Crippen MR) is 118 cm³/mol. The molecule has 3 rings (SSSR count). The lowest BCUT2D eigenvalue weighted by molar-refractivity contribution is -0.164. The third-order valence-corrected chi connectivity index (χ3v) is 5.00. The number of carboxylic acid groups (broad SMARTS) is 1. The number of carbonyl (C=O) groups is 3. The molecule has 166 valence electrons. The van der Waals surface area contributed by atoms with Gasteiger partial charge in [0.05, 0.1) is 6.54 Å². The van der Waals surface area contributed by atoms with E-state index in [0.717, 1.165) is 10.6 Å². The van der Waals surface area contributed by atoms with Gasteiger partial charge in [0.1, 0.15) is 11.8 Å². The Balaban J connectivity index is 1.94. The summed E-state index contributed by atoms with van der Waals surface area (Å²) in [6.07, 6.45) is 5.17. The molecule has 3 N–H and O–H groups in total. The highest BCUT2D eigenvalue weighted by molar-refractivity contribution is 5.88. The Morgan fingerprint density at radius 2 is 1.78 bits per heavy atom. The Hall–Kier alpha value is -4.14. The first kappa shape index (κ1) is 22.5. The van der Waals surface area contributed by atoms with Gasteiger partial charge in [0.25, 0.3) is 5.91 Å². The minimum atomic E-state index is -1.25. The number of phenolic OH excluding ortho intramolecular Hbond substituents is 1. The highest BCUT2D eigenvalue weighted by Gasteiger charge is 2.37. The molecule has 0 bridgehead atoms. The van der Waals surface area contributed by atoms with E-state index in [1.165, 1.54) is 29.5 Å². The zero-order valence-corrected chi connectivity index (χ0v) is 17.2. The molecule has 0 aromatic heterocycles. The van der Waals surface area contributed by atoms with Crippen molar-refractivity contribution in [3.8, 4) is 5.75 Å². The molecule has 0 spiro atoms. The maximum absolute atomic E-state index is 13.6. The number of nitrogens with one attached hydrogen (secondary N) is 1. The molecular weight excluding hydrogens is 412 g/mol. The van der Waals surface area contributed by atoms with Crippen LogP contribution in [0.5, 0.6) is 5.75 Å². The van der Waals surface area contributed by atoms with Gasteiger partial charge in [0.2, 0.25) is 6.41 Å². The van der Waals surface area contributed by atoms with Crippen LogP contribution in [-0.2, 0) is 27.2 Å². The molecule has 9 nitrogen and oxygen atoms in total. The van der Waals surface area contributed by atoms with Crippen molar-refractivity contribution >= 4 is 24.5 Å². The molecule has 1 heterocycles. The van der Waals surface area contributed by atoms with E-state index in [-0.39, 0.29) is 25.1 Å². The highest BCUT2D eigenvalue weighted by atomic mass is 16.4. The van der Waals surface area contributed by atoms with Crippen molar-refractivity contribution in [3.05, 3.63) is 78.1 Å². The van der Waals surface area contributed by atoms with Gasteiger partial charge in [0, 0.05) is 31.5 Å². The van der Waals surface area contributed by atoms with E-state index in [0.29, 0.717) is 12.0 Å². The number of rotatable bonds is 10. The van der Waals surface area contributed by atoms with Crippen molar-refractivity contribution in [3.63, 3.8) is 0 Å². The van der Waals surface area contributed by atoms with E-state index in [1.54, 1.807) is 18.3 Å². The quantitative estimate of drug-likeness (QED) is 0.483. The largest absolute Gasteiger partial charge is 0.508 e. The summed E-state index contributed by atoms with van der Waals surface area (Å²) in [4.78, 5) is 41.1. The second-order valence-corrected chi connectivity index (χ2v) is 7.19. The molecule has 0 radical (unpaired) electrons. The molecule has 1 aliphatic rings. The topological polar surface area (TPSA) is 123 Å². The summed E-state index contributed by atoms with van der Waals surface area (Å²) >= 11 is 0. The molecule has 0 fully saturated rings. The monoisotopic (exact) mass is 436 g/mol. The van der Waals surface area contributed by atoms with Gasteiger partial charge in [-0.1, -0.05) is 42.5 Å². The lowest BCUT2D eigenvalue weighted by Crippen LogP contribution is -2.60. The predicted octanol–water partition coefficient (Wildman–Crippen LogP) is 1.35. The molecule has 2 aromatic rings. The smallest absolute Gasteiger partial charge is 0.328 e. The van der Waals surface area contributed by atoms with Crippen LogP contribution in [0.4, 0.5) is 0 Å². The molecule has 0 unspecified atom stereocenters. The standard InChI is InChI=1S/C23H24N4O5/c28-16-25-20(14-17-4-2-1-3-5-17)22(30)27(26-12-10-24-11-13-26)21(23(31)32)15-18-6-8-19(29)9-7-18/h1-12,16,20-21,29H,13-15H2,(H,25,28)(H,31,32)/t20-,21-/m0/s1. The first-order valence-electron chi connectivity index (χ1n) is 10.0. The molecule has 0 saturated heterocycles. The summed E-state index contributed by atoms with van der Waals surface area (Å²) in [7, 11) is 0. The van der Waals surface area contributed by atoms with E-state index in [1.807, 2.05) is 30.3 Å². The molecular formula is C23H24N4O5. The molecule has 1 aliphatic heterocycles. The number of phenols is 1. The molecule has 0 aliphatic carbocycles. The van der Waals surface area contributed by atoms with Crippen molar-refractivity contribution < 1.29 is 24.6 Å². The number of hydrogen-bond donors (Lipinski definition) is 3. The number of aromatic hydroxyl groups is 1. The number of benzene rings is 2. The van der Waals surface area contributed by atoms with Crippen LogP contribution in [0.2, 0.25) is 0 Å². The summed E-state index contributed by atoms with van der Waals surface area (Å²) in [5.41, 5.74) is 1.45. The van der Waals surface area contributed by atoms with E-state index >= 15 is 0 Å². The van der Waals surface area contributed by atoms with Gasteiger partial charge in [0.15, 0.2) is 6.04 Å². The second kappa shape index (κ2) is 10.8. The average Bonchev–Trinajstić information content (AvgIpc) is 2.81. The number of carbonyl (C=O) groups excluding carboxylic acids is 2. The zero-order chi connectivity index (χ0) is 22.9. The van der Waals surface area contributed by atoms with Crippen LogP contribution >= 0.6 is 0 Å². The van der Waals surface area contributed by atoms with Gasteiger partial charge in [-0.2, -0.15) is 0 Å². The van der Waals surface area contributed by atoms with Crippen LogP contribution in [0.1, 0.15) is 11.1 Å². The zero-order valence-electron chi connectivity index (χ0n) is 17.2. The summed E-state index contributed by atoms with van der Waals surface area (Å²) in [5, 5.41) is 24.7. The van der Waals surface area contributed by atoms with Gasteiger partial charge in [-0.3, -0.25) is 19.6 Å². The first-order chi connectivity index (χ1) is 15.5. The maximum Gasteiger partial charge on any atom is 0.328 e. The third-order valence-electron chi connectivity index (χ3n) is 5.00. The molecule has 2 atom stereocenters. The molecule has 9 heteroatoms. The van der Waals surface area contributed by atoms with Crippen molar-refractivity contribution in [2.75, 3.05) is 6.54 Å². The lowest BCUT2D eigenvalue weighted by Gasteiger charge is -2.39. The molecule has 32 heavy (non-hydrogen) atoms. The van der Waals surface area contributed by atoms with Crippen LogP contribution in [-0.4, -0.2) is 63.4 Å². The molecule has 2 aromatic carbocycles. The Kier molecular flexibility index (Phi) is 7.58. The van der Waals surface area contributed by atoms with Crippen molar-refractivity contribution in [1.29, 1.82) is 0 Å². The summed E-state index contributed by atoms with van der Waals surface area (Å²) < 4.78 is 0. The van der Waals surface area contributed by atoms with E-state index in [9.17, 15) is 24.6 Å². The van der Waals surface area contributed by atoms with Crippen LogP contribution < -0.4 is 5.32 Å². The van der Waals surface area contributed by atoms with Gasteiger partial charge < -0.3 is 15.5 Å². The normalized spacial score (nSPS) is 14.4. The SMILES string of the molecule is O=CN[C@@H](Cc1ccccc1)C(=O)N([C@@H](Cc1ccc(O)cc1)C(=O)O)N1C=CN=CC1. The Bertz CT molecular complexity index is 991. The number of aliphatic carboxylic acids is 1. The first-order valence-corrected chi connectivity index (χ1v) is 10.0. The fourth-order valence-electron chi connectivity index (χ4n) is 3.43.